The fraction of sp³-hybridized carbons (Fsp3) is 0.667. The smallest absolute Gasteiger partial charge is 0.0606 e. The number of rotatable bonds is 3. The second-order valence-corrected chi connectivity index (χ2v) is 1.69. The molecule has 8 heavy (non-hydrogen) atoms. The molecular formula is C6H13NO. The van der Waals surface area contributed by atoms with Gasteiger partial charge in [0.15, 0.2) is 0 Å². The van der Waals surface area contributed by atoms with E-state index in [9.17, 15) is 0 Å². The summed E-state index contributed by atoms with van der Waals surface area (Å²) in [6.07, 6.45) is 3.87. The van der Waals surface area contributed by atoms with Gasteiger partial charge in [-0.05, 0) is 13.1 Å². The minimum atomic E-state index is 0.223. The number of hydrogen-bond acceptors (Lipinski definition) is 2. The van der Waals surface area contributed by atoms with E-state index in [0.29, 0.717) is 6.54 Å². The van der Waals surface area contributed by atoms with Gasteiger partial charge < -0.3 is 10.0 Å². The molecule has 0 unspecified atom stereocenters. The largest absolute Gasteiger partial charge is 0.395 e. The third kappa shape index (κ3) is 3.68. The van der Waals surface area contributed by atoms with Gasteiger partial charge in [-0.15, -0.1) is 0 Å². The Morgan fingerprint density at radius 1 is 1.62 bits per heavy atom. The molecule has 0 bridgehead atoms. The topological polar surface area (TPSA) is 23.5 Å². The molecule has 0 spiro atoms. The highest BCUT2D eigenvalue weighted by atomic mass is 16.3. The lowest BCUT2D eigenvalue weighted by Crippen LogP contribution is -2.14. The summed E-state index contributed by atoms with van der Waals surface area (Å²) in [6, 6.07) is 0. The summed E-state index contributed by atoms with van der Waals surface area (Å²) in [5, 5.41) is 8.39. The van der Waals surface area contributed by atoms with Crippen LogP contribution in [0.15, 0.2) is 12.3 Å². The lowest BCUT2D eigenvalue weighted by atomic mass is 10.6. The number of nitrogens with zero attached hydrogens (tertiary/aromatic N) is 1. The number of allylic oxidation sites excluding steroid dienone is 1. The number of aliphatic hydroxyl groups is 1. The summed E-state index contributed by atoms with van der Waals surface area (Å²) in [6.45, 7) is 2.89. The van der Waals surface area contributed by atoms with Gasteiger partial charge in [-0.2, -0.15) is 0 Å². The van der Waals surface area contributed by atoms with E-state index in [4.69, 9.17) is 5.11 Å². The van der Waals surface area contributed by atoms with Gasteiger partial charge >= 0.3 is 0 Å². The van der Waals surface area contributed by atoms with Crippen LogP contribution < -0.4 is 0 Å². The minimum Gasteiger partial charge on any atom is -0.395 e. The molecule has 2 heteroatoms. The average Bonchev–Trinajstić information content (AvgIpc) is 1.68. The van der Waals surface area contributed by atoms with Crippen LogP contribution in [0.1, 0.15) is 6.92 Å². The lowest BCUT2D eigenvalue weighted by Gasteiger charge is -2.09. The van der Waals surface area contributed by atoms with Crippen molar-refractivity contribution in [2.24, 2.45) is 0 Å². The van der Waals surface area contributed by atoms with E-state index in [1.165, 1.54) is 0 Å². The van der Waals surface area contributed by atoms with E-state index in [0.717, 1.165) is 0 Å². The van der Waals surface area contributed by atoms with Crippen LogP contribution in [0.25, 0.3) is 0 Å². The first-order valence-electron chi connectivity index (χ1n) is 2.75. The van der Waals surface area contributed by atoms with Gasteiger partial charge in [0, 0.05) is 13.6 Å². The van der Waals surface area contributed by atoms with Crippen LogP contribution in [-0.2, 0) is 0 Å². The highest BCUT2D eigenvalue weighted by molar-refractivity contribution is 4.75. The van der Waals surface area contributed by atoms with Gasteiger partial charge in [0.2, 0.25) is 0 Å². The summed E-state index contributed by atoms with van der Waals surface area (Å²) < 4.78 is 0. The maximum Gasteiger partial charge on any atom is 0.0606 e. The quantitative estimate of drug-likeness (QED) is 0.577. The van der Waals surface area contributed by atoms with Crippen molar-refractivity contribution in [3.05, 3.63) is 12.3 Å². The van der Waals surface area contributed by atoms with Gasteiger partial charge in [-0.3, -0.25) is 0 Å². The standard InChI is InChI=1S/C6H13NO/c1-3-4-7(2)5-6-8/h3-4,8H,5-6H2,1-2H3. The number of aliphatic hydroxyl groups excluding tert-OH is 1. The van der Waals surface area contributed by atoms with E-state index >= 15 is 0 Å². The molecule has 0 radical (unpaired) electrons. The monoisotopic (exact) mass is 115 g/mol. The SMILES string of the molecule is CC=CN(C)CCO. The molecule has 0 aliphatic carbocycles. The van der Waals surface area contributed by atoms with Crippen LogP contribution in [-0.4, -0.2) is 30.2 Å². The molecule has 0 aromatic carbocycles. The predicted octanol–water partition coefficient (Wildman–Crippen LogP) is 0.444. The Labute approximate surface area is 50.4 Å². The molecule has 0 saturated heterocycles. The maximum absolute atomic E-state index is 8.39. The van der Waals surface area contributed by atoms with Crippen molar-refractivity contribution in [1.82, 2.24) is 4.90 Å². The highest BCUT2D eigenvalue weighted by Gasteiger charge is 1.83. The Balaban J connectivity index is 3.17. The van der Waals surface area contributed by atoms with Gasteiger partial charge in [0.05, 0.1) is 6.61 Å². The number of hydrogen-bond donors (Lipinski definition) is 1. The summed E-state index contributed by atoms with van der Waals surface area (Å²) in [5.74, 6) is 0. The van der Waals surface area contributed by atoms with Crippen molar-refractivity contribution in [3.63, 3.8) is 0 Å². The van der Waals surface area contributed by atoms with Crippen LogP contribution in [0.3, 0.4) is 0 Å². The maximum atomic E-state index is 8.39. The molecule has 0 heterocycles. The first-order valence-corrected chi connectivity index (χ1v) is 2.75. The van der Waals surface area contributed by atoms with Gasteiger partial charge in [-0.1, -0.05) is 6.08 Å². The van der Waals surface area contributed by atoms with E-state index < -0.39 is 0 Å². The van der Waals surface area contributed by atoms with Crippen LogP contribution >= 0.6 is 0 Å². The average molecular weight is 115 g/mol. The molecule has 0 aromatic heterocycles. The fourth-order valence-corrected chi connectivity index (χ4v) is 0.487. The van der Waals surface area contributed by atoms with Crippen LogP contribution in [0.2, 0.25) is 0 Å². The Hall–Kier alpha value is -0.500. The zero-order chi connectivity index (χ0) is 6.41. The summed E-state index contributed by atoms with van der Waals surface area (Å²) in [5.41, 5.74) is 0. The van der Waals surface area contributed by atoms with Crippen molar-refractivity contribution in [2.45, 2.75) is 6.92 Å². The molecule has 48 valence electrons. The third-order valence-electron chi connectivity index (χ3n) is 0.856. The van der Waals surface area contributed by atoms with Gasteiger partial charge in [0.1, 0.15) is 0 Å². The highest BCUT2D eigenvalue weighted by Crippen LogP contribution is 1.80. The Morgan fingerprint density at radius 3 is 2.62 bits per heavy atom. The predicted molar refractivity (Wildman–Crippen MR) is 34.5 cm³/mol. The van der Waals surface area contributed by atoms with E-state index in [2.05, 4.69) is 0 Å². The first kappa shape index (κ1) is 7.50. The van der Waals surface area contributed by atoms with Crippen molar-refractivity contribution in [1.29, 1.82) is 0 Å². The minimum absolute atomic E-state index is 0.223. The molecule has 1 N–H and O–H groups in total. The second kappa shape index (κ2) is 4.65. The Morgan fingerprint density at radius 2 is 2.25 bits per heavy atom. The molecule has 0 aromatic rings. The molecule has 0 aliphatic rings. The van der Waals surface area contributed by atoms with Gasteiger partial charge in [-0.25, -0.2) is 0 Å². The number of likely N-dealkylation sites (N-methyl/N-ethyl adjacent to an activating group) is 1. The van der Waals surface area contributed by atoms with E-state index in [1.807, 2.05) is 31.1 Å². The molecule has 0 saturated carbocycles. The molecule has 0 aliphatic heterocycles. The lowest BCUT2D eigenvalue weighted by molar-refractivity contribution is 0.254. The van der Waals surface area contributed by atoms with Crippen molar-refractivity contribution < 1.29 is 5.11 Å². The van der Waals surface area contributed by atoms with E-state index in [-0.39, 0.29) is 6.61 Å². The zero-order valence-corrected chi connectivity index (χ0v) is 5.46. The molecule has 0 fully saturated rings. The molecule has 0 rings (SSSR count). The van der Waals surface area contributed by atoms with Crippen LogP contribution in [0, 0.1) is 0 Å². The van der Waals surface area contributed by atoms with Crippen molar-refractivity contribution >= 4 is 0 Å². The third-order valence-corrected chi connectivity index (χ3v) is 0.856. The molecular weight excluding hydrogens is 102 g/mol. The molecule has 2 nitrogen and oxygen atoms in total. The normalized spacial score (nSPS) is 10.4. The van der Waals surface area contributed by atoms with Crippen LogP contribution in [0.5, 0.6) is 0 Å². The zero-order valence-electron chi connectivity index (χ0n) is 5.46. The van der Waals surface area contributed by atoms with Crippen LogP contribution in [0.4, 0.5) is 0 Å². The van der Waals surface area contributed by atoms with Crippen molar-refractivity contribution in [3.8, 4) is 0 Å². The van der Waals surface area contributed by atoms with E-state index in [1.54, 1.807) is 0 Å². The second-order valence-electron chi connectivity index (χ2n) is 1.69. The molecule has 0 atom stereocenters. The Kier molecular flexibility index (Phi) is 4.36. The first-order chi connectivity index (χ1) is 3.81. The summed E-state index contributed by atoms with van der Waals surface area (Å²) in [7, 11) is 1.93. The summed E-state index contributed by atoms with van der Waals surface area (Å²) >= 11 is 0. The fourth-order valence-electron chi connectivity index (χ4n) is 0.487. The molecule has 0 amide bonds. The van der Waals surface area contributed by atoms with Crippen molar-refractivity contribution in [2.75, 3.05) is 20.2 Å². The Bertz CT molecular complexity index is 70.9. The summed E-state index contributed by atoms with van der Waals surface area (Å²) in [4.78, 5) is 1.93. The van der Waals surface area contributed by atoms with Gasteiger partial charge in [0.25, 0.3) is 0 Å².